The van der Waals surface area contributed by atoms with Crippen LogP contribution in [0, 0.1) is 6.92 Å². The number of benzene rings is 3. The number of likely N-dealkylation sites (tertiary alicyclic amines) is 1. The van der Waals surface area contributed by atoms with Gasteiger partial charge in [0, 0.05) is 17.1 Å². The molecule has 2 N–H and O–H groups in total. The van der Waals surface area contributed by atoms with Crippen LogP contribution < -0.4 is 10.9 Å². The van der Waals surface area contributed by atoms with Crippen LogP contribution >= 0.6 is 27.3 Å². The van der Waals surface area contributed by atoms with Crippen LogP contribution in [0.3, 0.4) is 0 Å². The van der Waals surface area contributed by atoms with Crippen LogP contribution in [0.5, 0.6) is 0 Å². The molecule has 57 heavy (non-hydrogen) atoms. The fourth-order valence-corrected chi connectivity index (χ4v) is 10.00. The molecular weight excluding hydrogens is 804 g/mol. The van der Waals surface area contributed by atoms with E-state index < -0.39 is 23.8 Å². The van der Waals surface area contributed by atoms with Gasteiger partial charge in [-0.25, -0.2) is 9.78 Å². The molecule has 13 heteroatoms. The van der Waals surface area contributed by atoms with Crippen molar-refractivity contribution in [2.24, 2.45) is 0 Å². The Balaban J connectivity index is 0.915. The molecule has 1 saturated carbocycles. The molecule has 1 unspecified atom stereocenters. The van der Waals surface area contributed by atoms with E-state index in [0.717, 1.165) is 87.3 Å². The van der Waals surface area contributed by atoms with Gasteiger partial charge in [-0.2, -0.15) is 4.98 Å². The number of fused-ring (bicyclic) bond motifs is 5. The Bertz CT molecular complexity index is 2440. The molecule has 11 nitrogen and oxygen atoms in total. The smallest absolute Gasteiger partial charge is 0.408 e. The van der Waals surface area contributed by atoms with E-state index in [1.165, 1.54) is 18.4 Å². The van der Waals surface area contributed by atoms with Crippen molar-refractivity contribution in [3.05, 3.63) is 97.8 Å². The van der Waals surface area contributed by atoms with Crippen LogP contribution in [-0.2, 0) is 9.47 Å². The summed E-state index contributed by atoms with van der Waals surface area (Å²) in [7, 11) is 0. The molecule has 300 valence electrons. The van der Waals surface area contributed by atoms with Gasteiger partial charge >= 0.3 is 6.09 Å². The third kappa shape index (κ3) is 8.54. The summed E-state index contributed by atoms with van der Waals surface area (Å²) in [5.41, 5.74) is 8.33. The van der Waals surface area contributed by atoms with E-state index >= 15 is 0 Å². The van der Waals surface area contributed by atoms with Crippen LogP contribution in [-0.4, -0.2) is 79.6 Å². The minimum atomic E-state index is -0.677. The van der Waals surface area contributed by atoms with Gasteiger partial charge in [0.2, 0.25) is 5.78 Å². The minimum Gasteiger partial charge on any atom is -0.444 e. The number of hydrogen-bond donors (Lipinski definition) is 2. The quantitative estimate of drug-likeness (QED) is 0.133. The Kier molecular flexibility index (Phi) is 11.6. The molecule has 8 rings (SSSR count). The maximum absolute atomic E-state index is 13.3. The molecule has 1 aliphatic carbocycles. The lowest BCUT2D eigenvalue weighted by Gasteiger charge is -2.33. The fourth-order valence-electron chi connectivity index (χ4n) is 8.66. The summed E-state index contributed by atoms with van der Waals surface area (Å²) in [5, 5.41) is 14.7. The number of imidazole rings is 1. The van der Waals surface area contributed by atoms with E-state index in [9.17, 15) is 14.7 Å². The number of thiazole rings is 1. The molecule has 2 fully saturated rings. The zero-order valence-corrected chi connectivity index (χ0v) is 35.4. The second-order valence-electron chi connectivity index (χ2n) is 16.6. The Labute approximate surface area is 345 Å². The van der Waals surface area contributed by atoms with Crippen molar-refractivity contribution in [2.75, 3.05) is 32.8 Å². The molecule has 2 atom stereocenters. The van der Waals surface area contributed by atoms with Gasteiger partial charge < -0.3 is 29.4 Å². The van der Waals surface area contributed by atoms with Gasteiger partial charge in [0.25, 0.3) is 5.56 Å². The first-order valence-corrected chi connectivity index (χ1v) is 21.7. The van der Waals surface area contributed by atoms with Crippen molar-refractivity contribution in [1.82, 2.24) is 29.2 Å². The fraction of sp³-hybridized carbons (Fsp3) is 0.455. The normalized spacial score (nSPS) is 17.2. The minimum absolute atomic E-state index is 0.148. The van der Waals surface area contributed by atoms with E-state index in [1.54, 1.807) is 11.3 Å². The molecule has 1 amide bonds. The van der Waals surface area contributed by atoms with Crippen LogP contribution in [0.25, 0.3) is 38.2 Å². The van der Waals surface area contributed by atoms with E-state index in [4.69, 9.17) is 9.47 Å². The van der Waals surface area contributed by atoms with Crippen molar-refractivity contribution >= 4 is 61.1 Å². The molecule has 1 aliphatic heterocycles. The lowest BCUT2D eigenvalue weighted by atomic mass is 9.89. The van der Waals surface area contributed by atoms with Crippen molar-refractivity contribution in [3.8, 4) is 10.4 Å². The maximum atomic E-state index is 13.3. The maximum Gasteiger partial charge on any atom is 0.408 e. The van der Waals surface area contributed by atoms with Crippen LogP contribution in [0.15, 0.2) is 75.4 Å². The highest BCUT2D eigenvalue weighted by Gasteiger charge is 2.28. The zero-order chi connectivity index (χ0) is 39.8. The summed E-state index contributed by atoms with van der Waals surface area (Å²) in [6.45, 7) is 10.1. The van der Waals surface area contributed by atoms with Gasteiger partial charge in [-0.3, -0.25) is 9.20 Å². The number of piperidine rings is 1. The SMILES string of the molecule is Cc1ncsc1-c1ccc([C@H](COCC(O)CN2CCC(c3ccc4c(c3)n(C3CCCC3)c3nc(=O)c5c(Br)cccc5n43)CC2)NC(=O)OC(C)(C)C)cc1. The van der Waals surface area contributed by atoms with E-state index in [1.807, 2.05) is 75.7 Å². The number of hydrogen-bond acceptors (Lipinski definition) is 9. The molecule has 3 aromatic carbocycles. The Morgan fingerprint density at radius 3 is 2.46 bits per heavy atom. The number of β-amino-alcohol motifs (C(OH)–C–C–N with tert-alkyl or cyclic N) is 1. The number of aliphatic hydroxyl groups is 1. The monoisotopic (exact) mass is 854 g/mol. The first kappa shape index (κ1) is 39.7. The van der Waals surface area contributed by atoms with Crippen molar-refractivity contribution in [2.45, 2.75) is 95.9 Å². The number of carbonyl (C=O) groups is 1. The van der Waals surface area contributed by atoms with Gasteiger partial charge in [0.1, 0.15) is 5.60 Å². The van der Waals surface area contributed by atoms with Crippen LogP contribution in [0.1, 0.15) is 94.1 Å². The van der Waals surface area contributed by atoms with Crippen molar-refractivity contribution < 1.29 is 19.4 Å². The van der Waals surface area contributed by atoms with Gasteiger partial charge in [-0.05, 0) is 129 Å². The Morgan fingerprint density at radius 2 is 1.75 bits per heavy atom. The second kappa shape index (κ2) is 16.6. The lowest BCUT2D eigenvalue weighted by Crippen LogP contribution is -2.40. The predicted molar refractivity (Wildman–Crippen MR) is 229 cm³/mol. The number of nitrogens with zero attached hydrogens (tertiary/aromatic N) is 5. The number of aromatic nitrogens is 4. The molecule has 6 aromatic rings. The molecule has 1 saturated heterocycles. The molecule has 0 bridgehead atoms. The van der Waals surface area contributed by atoms with Gasteiger partial charge in [-0.15, -0.1) is 11.3 Å². The van der Waals surface area contributed by atoms with E-state index in [2.05, 4.69) is 63.3 Å². The van der Waals surface area contributed by atoms with Crippen LogP contribution in [0.2, 0.25) is 0 Å². The first-order valence-electron chi connectivity index (χ1n) is 20.1. The summed E-state index contributed by atoms with van der Waals surface area (Å²) in [5.74, 6) is 1.11. The number of rotatable bonds is 11. The van der Waals surface area contributed by atoms with E-state index in [-0.39, 0.29) is 18.8 Å². The van der Waals surface area contributed by atoms with Crippen LogP contribution in [0.4, 0.5) is 4.79 Å². The highest BCUT2D eigenvalue weighted by atomic mass is 79.9. The first-order chi connectivity index (χ1) is 27.4. The molecular formula is C44H51BrN6O5S. The highest BCUT2D eigenvalue weighted by Crippen LogP contribution is 2.38. The Hall–Kier alpha value is -4.14. The second-order valence-corrected chi connectivity index (χ2v) is 18.3. The topological polar surface area (TPSA) is 123 Å². The molecule has 2 aliphatic rings. The standard InChI is InChI=1S/C44H51BrN6O5S/c1-27-40(57-26-46-27)30-14-12-29(13-15-30)35(47-43(54)56-44(2,3)4)25-55-24-33(52)23-49-20-18-28(19-21-49)31-16-17-36-38(22-31)50(32-8-5-6-9-32)42-48-41(53)39-34(45)10-7-11-37(39)51(36)42/h7,10-17,22,26,28,32-33,35,52H,5-6,8-9,18-21,23-25H2,1-4H3,(H,47,54)/t33?,35-/m0/s1. The average Bonchev–Trinajstić information content (AvgIpc) is 3.93. The number of alkyl carbamates (subject to hydrolysis) is 1. The number of aliphatic hydroxyl groups excluding tert-OH is 1. The predicted octanol–water partition coefficient (Wildman–Crippen LogP) is 8.93. The van der Waals surface area contributed by atoms with E-state index in [0.29, 0.717) is 23.9 Å². The highest BCUT2D eigenvalue weighted by molar-refractivity contribution is 9.10. The summed E-state index contributed by atoms with van der Waals surface area (Å²) >= 11 is 5.20. The summed E-state index contributed by atoms with van der Waals surface area (Å²) in [6.07, 6.45) is 5.30. The number of nitrogens with one attached hydrogen (secondary N) is 1. The van der Waals surface area contributed by atoms with Crippen molar-refractivity contribution in [1.29, 1.82) is 0 Å². The summed E-state index contributed by atoms with van der Waals surface area (Å²) < 4.78 is 16.9. The number of ether oxygens (including phenoxy) is 2. The van der Waals surface area contributed by atoms with Gasteiger partial charge in [-0.1, -0.05) is 49.2 Å². The average molecular weight is 856 g/mol. The molecule has 4 heterocycles. The molecule has 0 spiro atoms. The lowest BCUT2D eigenvalue weighted by molar-refractivity contribution is 0.00316. The number of carbonyl (C=O) groups excluding carboxylic acids is 1. The zero-order valence-electron chi connectivity index (χ0n) is 33.0. The van der Waals surface area contributed by atoms with Gasteiger partial charge in [0.15, 0.2) is 0 Å². The third-order valence-electron chi connectivity index (χ3n) is 11.4. The Morgan fingerprint density at radius 1 is 1.00 bits per heavy atom. The summed E-state index contributed by atoms with van der Waals surface area (Å²) in [6, 6.07) is 20.6. The number of aryl methyl sites for hydroxylation is 1. The van der Waals surface area contributed by atoms with Gasteiger partial charge in [0.05, 0.1) is 63.4 Å². The third-order valence-corrected chi connectivity index (χ3v) is 13.0. The summed E-state index contributed by atoms with van der Waals surface area (Å²) in [4.78, 5) is 38.6. The largest absolute Gasteiger partial charge is 0.444 e. The number of amides is 1. The molecule has 0 radical (unpaired) electrons. The van der Waals surface area contributed by atoms with Crippen molar-refractivity contribution in [3.63, 3.8) is 0 Å². The number of halogens is 1. The molecule has 3 aromatic heterocycles.